The molecule has 1 N–H and O–H groups in total. The molecule has 0 bridgehead atoms. The van der Waals surface area contributed by atoms with Gasteiger partial charge in [0.25, 0.3) is 0 Å². The van der Waals surface area contributed by atoms with Crippen molar-refractivity contribution in [2.45, 2.75) is 19.8 Å². The van der Waals surface area contributed by atoms with Gasteiger partial charge in [-0.25, -0.2) is 4.39 Å². The third-order valence-corrected chi connectivity index (χ3v) is 4.28. The van der Waals surface area contributed by atoms with Crippen molar-refractivity contribution in [2.75, 3.05) is 18.0 Å². The molecule has 0 radical (unpaired) electrons. The van der Waals surface area contributed by atoms with Crippen LogP contribution in [0.25, 0.3) is 0 Å². The lowest BCUT2D eigenvalue weighted by Crippen LogP contribution is -2.40. The van der Waals surface area contributed by atoms with Crippen LogP contribution in [0.3, 0.4) is 0 Å². The van der Waals surface area contributed by atoms with Crippen molar-refractivity contribution >= 4 is 24.1 Å². The average Bonchev–Trinajstić information content (AvgIpc) is 2.53. The predicted molar refractivity (Wildman–Crippen MR) is 93.4 cm³/mol. The van der Waals surface area contributed by atoms with Crippen molar-refractivity contribution in [1.82, 2.24) is 4.98 Å². The maximum Gasteiger partial charge on any atom is 0.308 e. The van der Waals surface area contributed by atoms with Crippen LogP contribution in [0.4, 0.5) is 10.1 Å². The summed E-state index contributed by atoms with van der Waals surface area (Å²) >= 11 is 0. The molecule has 1 aromatic heterocycles. The molecule has 1 atom stereocenters. The summed E-state index contributed by atoms with van der Waals surface area (Å²) in [6.07, 6.45) is 3.00. The number of carboxylic acids is 1. The molecule has 0 amide bonds. The number of hydrogen-bond donors (Lipinski definition) is 1. The van der Waals surface area contributed by atoms with Gasteiger partial charge in [0.2, 0.25) is 0 Å². The second-order valence-electron chi connectivity index (χ2n) is 6.02. The summed E-state index contributed by atoms with van der Waals surface area (Å²) in [5, 5.41) is 9.34. The highest BCUT2D eigenvalue weighted by molar-refractivity contribution is 5.85. The normalized spacial score (nSPS) is 16.2. The van der Waals surface area contributed by atoms with Crippen molar-refractivity contribution in [3.8, 4) is 0 Å². The number of aryl methyl sites for hydroxylation is 1. The van der Waals surface area contributed by atoms with E-state index >= 15 is 0 Å². The number of carboxylic acid groups (broad SMARTS) is 1. The van der Waals surface area contributed by atoms with E-state index in [0.29, 0.717) is 19.5 Å². The molecule has 0 saturated heterocycles. The summed E-state index contributed by atoms with van der Waals surface area (Å²) < 4.78 is 13.5. The van der Waals surface area contributed by atoms with Gasteiger partial charge in [0.15, 0.2) is 0 Å². The second kappa shape index (κ2) is 7.62. The first-order valence-corrected chi connectivity index (χ1v) is 7.70. The molecule has 1 aliphatic heterocycles. The maximum atomic E-state index is 13.5. The van der Waals surface area contributed by atoms with Crippen molar-refractivity contribution in [2.24, 2.45) is 5.92 Å². The van der Waals surface area contributed by atoms with Crippen molar-refractivity contribution < 1.29 is 14.3 Å². The first kappa shape index (κ1) is 18.2. The van der Waals surface area contributed by atoms with E-state index in [4.69, 9.17) is 0 Å². The lowest BCUT2D eigenvalue weighted by atomic mass is 9.92. The van der Waals surface area contributed by atoms with Gasteiger partial charge < -0.3 is 10.0 Å². The Morgan fingerprint density at radius 2 is 2.17 bits per heavy atom. The number of anilines is 1. The Kier molecular flexibility index (Phi) is 5.78. The molecular weight excluding hydrogens is 331 g/mol. The van der Waals surface area contributed by atoms with Crippen LogP contribution >= 0.6 is 12.4 Å². The van der Waals surface area contributed by atoms with Gasteiger partial charge in [-0.2, -0.15) is 0 Å². The zero-order chi connectivity index (χ0) is 16.4. The highest BCUT2D eigenvalue weighted by Crippen LogP contribution is 2.30. The molecule has 3 rings (SSSR count). The van der Waals surface area contributed by atoms with E-state index in [1.165, 1.54) is 12.1 Å². The maximum absolute atomic E-state index is 13.5. The zero-order valence-corrected chi connectivity index (χ0v) is 14.2. The van der Waals surface area contributed by atoms with Crippen molar-refractivity contribution in [1.29, 1.82) is 0 Å². The van der Waals surface area contributed by atoms with Gasteiger partial charge in [-0.15, -0.1) is 12.4 Å². The topological polar surface area (TPSA) is 53.4 Å². The van der Waals surface area contributed by atoms with E-state index < -0.39 is 11.9 Å². The smallest absolute Gasteiger partial charge is 0.308 e. The van der Waals surface area contributed by atoms with Gasteiger partial charge in [0, 0.05) is 30.7 Å². The minimum Gasteiger partial charge on any atom is -0.481 e. The second-order valence-corrected chi connectivity index (χ2v) is 6.02. The molecule has 0 aliphatic carbocycles. The summed E-state index contributed by atoms with van der Waals surface area (Å²) in [5.74, 6) is -1.65. The quantitative estimate of drug-likeness (QED) is 0.919. The van der Waals surface area contributed by atoms with Gasteiger partial charge in [0.05, 0.1) is 5.92 Å². The van der Waals surface area contributed by atoms with Gasteiger partial charge in [-0.3, -0.25) is 9.78 Å². The van der Waals surface area contributed by atoms with Crippen molar-refractivity contribution in [3.63, 3.8) is 0 Å². The Morgan fingerprint density at radius 3 is 2.83 bits per heavy atom. The van der Waals surface area contributed by atoms with Crippen LogP contribution in [-0.4, -0.2) is 29.1 Å². The van der Waals surface area contributed by atoms with Crippen LogP contribution < -0.4 is 4.90 Å². The molecule has 4 nitrogen and oxygen atoms in total. The molecule has 24 heavy (non-hydrogen) atoms. The van der Waals surface area contributed by atoms with E-state index in [0.717, 1.165) is 28.9 Å². The number of halogens is 2. The third kappa shape index (κ3) is 4.03. The molecule has 128 valence electrons. The van der Waals surface area contributed by atoms with Crippen LogP contribution in [0, 0.1) is 18.7 Å². The summed E-state index contributed by atoms with van der Waals surface area (Å²) in [5.41, 5.74) is 3.78. The number of benzene rings is 1. The first-order valence-electron chi connectivity index (χ1n) is 7.70. The van der Waals surface area contributed by atoms with Crippen LogP contribution in [0.1, 0.15) is 16.8 Å². The zero-order valence-electron chi connectivity index (χ0n) is 13.4. The van der Waals surface area contributed by atoms with E-state index in [1.807, 2.05) is 30.2 Å². The summed E-state index contributed by atoms with van der Waals surface area (Å²) in [6.45, 7) is 3.08. The molecule has 0 spiro atoms. The largest absolute Gasteiger partial charge is 0.481 e. The summed E-state index contributed by atoms with van der Waals surface area (Å²) in [7, 11) is 0. The molecule has 1 aromatic carbocycles. The number of nitrogens with zero attached hydrogens (tertiary/aromatic N) is 2. The fourth-order valence-electron chi connectivity index (χ4n) is 3.01. The van der Waals surface area contributed by atoms with E-state index in [2.05, 4.69) is 4.98 Å². The van der Waals surface area contributed by atoms with E-state index in [-0.39, 0.29) is 18.2 Å². The molecule has 0 fully saturated rings. The number of pyridine rings is 1. The van der Waals surface area contributed by atoms with Gasteiger partial charge >= 0.3 is 5.97 Å². The molecule has 6 heteroatoms. The lowest BCUT2D eigenvalue weighted by Gasteiger charge is -2.34. The monoisotopic (exact) mass is 350 g/mol. The number of aliphatic carboxylic acids is 1. The van der Waals surface area contributed by atoms with Gasteiger partial charge in [-0.05, 0) is 55.2 Å². The van der Waals surface area contributed by atoms with Crippen LogP contribution in [-0.2, 0) is 17.6 Å². The molecular formula is C18H20ClFN2O2. The Bertz CT molecular complexity index is 721. The van der Waals surface area contributed by atoms with Gasteiger partial charge in [0.1, 0.15) is 5.82 Å². The molecule has 2 heterocycles. The summed E-state index contributed by atoms with van der Waals surface area (Å²) in [6, 6.07) is 8.63. The van der Waals surface area contributed by atoms with Gasteiger partial charge in [-0.1, -0.05) is 6.07 Å². The fraction of sp³-hybridized carbons (Fsp3) is 0.333. The highest BCUT2D eigenvalue weighted by Gasteiger charge is 2.29. The average molecular weight is 351 g/mol. The molecule has 0 saturated carbocycles. The van der Waals surface area contributed by atoms with E-state index in [9.17, 15) is 14.3 Å². The molecule has 2 aromatic rings. The van der Waals surface area contributed by atoms with Crippen LogP contribution in [0.15, 0.2) is 36.5 Å². The number of hydrogen-bond acceptors (Lipinski definition) is 3. The highest BCUT2D eigenvalue weighted by atomic mass is 35.5. The minimum atomic E-state index is -0.832. The Hall–Kier alpha value is -2.14. The minimum absolute atomic E-state index is 0. The number of fused-ring (bicyclic) bond motifs is 1. The molecule has 1 aliphatic rings. The number of rotatable bonds is 4. The number of carbonyl (C=O) groups is 1. The number of aromatic nitrogens is 1. The lowest BCUT2D eigenvalue weighted by molar-refractivity contribution is -0.141. The molecule has 1 unspecified atom stereocenters. The Balaban J connectivity index is 0.00000208. The SMILES string of the molecule is Cc1ccc(CCN2CC(C(=O)O)Cc3cc(F)ccc32)cn1.Cl. The Morgan fingerprint density at radius 1 is 1.38 bits per heavy atom. The third-order valence-electron chi connectivity index (χ3n) is 4.28. The fourth-order valence-corrected chi connectivity index (χ4v) is 3.01. The summed E-state index contributed by atoms with van der Waals surface area (Å²) in [4.78, 5) is 17.7. The van der Waals surface area contributed by atoms with Crippen LogP contribution in [0.5, 0.6) is 0 Å². The predicted octanol–water partition coefficient (Wildman–Crippen LogP) is 3.26. The first-order chi connectivity index (χ1) is 11.0. The standard InChI is InChI=1S/C18H19FN2O2.ClH/c1-12-2-3-13(10-20-12)6-7-21-11-15(18(22)23)8-14-9-16(19)4-5-17(14)21;/h2-5,9-10,15H,6-8,11H2,1H3,(H,22,23);1H. The van der Waals surface area contributed by atoms with Crippen molar-refractivity contribution in [3.05, 3.63) is 59.2 Å². The van der Waals surface area contributed by atoms with Crippen LogP contribution in [0.2, 0.25) is 0 Å². The van der Waals surface area contributed by atoms with E-state index in [1.54, 1.807) is 6.07 Å². The Labute approximate surface area is 146 Å².